The molecule has 0 fully saturated rings. The molecule has 1 aromatic rings. The highest BCUT2D eigenvalue weighted by Gasteiger charge is 2.13. The van der Waals surface area contributed by atoms with Crippen LogP contribution in [0.15, 0.2) is 12.1 Å². The molecule has 0 aliphatic carbocycles. The third-order valence-corrected chi connectivity index (χ3v) is 1.84. The fourth-order valence-corrected chi connectivity index (χ4v) is 1.27. The lowest BCUT2D eigenvalue weighted by atomic mass is 10.1. The van der Waals surface area contributed by atoms with Crippen molar-refractivity contribution in [3.8, 4) is 5.75 Å². The summed E-state index contributed by atoms with van der Waals surface area (Å²) in [5, 5.41) is 0. The van der Waals surface area contributed by atoms with Crippen molar-refractivity contribution in [3.63, 3.8) is 0 Å². The molecule has 1 rings (SSSR count). The summed E-state index contributed by atoms with van der Waals surface area (Å²) in [5.41, 5.74) is 5.85. The van der Waals surface area contributed by atoms with Crippen LogP contribution in [0.25, 0.3) is 0 Å². The maximum absolute atomic E-state index is 13.4. The van der Waals surface area contributed by atoms with E-state index in [0.717, 1.165) is 0 Å². The van der Waals surface area contributed by atoms with Crippen LogP contribution in [0.4, 0.5) is 8.78 Å². The predicted octanol–water partition coefficient (Wildman–Crippen LogP) is 2.25. The lowest BCUT2D eigenvalue weighted by Gasteiger charge is -2.12. The SMILES string of the molecule is CC(C)Oc1c(F)cc(CCN)cc1F. The number of hydrogen-bond acceptors (Lipinski definition) is 2. The number of nitrogens with two attached hydrogens (primary N) is 1. The molecule has 0 aliphatic rings. The Bertz CT molecular complexity index is 316. The van der Waals surface area contributed by atoms with E-state index in [1.54, 1.807) is 13.8 Å². The molecule has 0 radical (unpaired) electrons. The van der Waals surface area contributed by atoms with Crippen molar-refractivity contribution >= 4 is 0 Å². The second kappa shape index (κ2) is 5.07. The van der Waals surface area contributed by atoms with E-state index in [-0.39, 0.29) is 11.9 Å². The Morgan fingerprint density at radius 3 is 2.20 bits per heavy atom. The number of benzene rings is 1. The van der Waals surface area contributed by atoms with Crippen molar-refractivity contribution < 1.29 is 13.5 Å². The van der Waals surface area contributed by atoms with Crippen LogP contribution in [0.2, 0.25) is 0 Å². The van der Waals surface area contributed by atoms with Gasteiger partial charge in [-0.1, -0.05) is 0 Å². The summed E-state index contributed by atoms with van der Waals surface area (Å²) in [6.45, 7) is 3.79. The van der Waals surface area contributed by atoms with Gasteiger partial charge in [0.25, 0.3) is 0 Å². The first-order chi connectivity index (χ1) is 7.04. The molecule has 0 saturated carbocycles. The number of ether oxygens (including phenoxy) is 1. The van der Waals surface area contributed by atoms with Crippen molar-refractivity contribution in [1.82, 2.24) is 0 Å². The number of rotatable bonds is 4. The highest BCUT2D eigenvalue weighted by Crippen LogP contribution is 2.24. The van der Waals surface area contributed by atoms with Crippen molar-refractivity contribution in [2.24, 2.45) is 5.73 Å². The average molecular weight is 215 g/mol. The van der Waals surface area contributed by atoms with Crippen molar-refractivity contribution in [2.45, 2.75) is 26.4 Å². The Morgan fingerprint density at radius 2 is 1.80 bits per heavy atom. The van der Waals surface area contributed by atoms with Gasteiger partial charge in [-0.15, -0.1) is 0 Å². The van der Waals surface area contributed by atoms with Crippen LogP contribution in [-0.4, -0.2) is 12.6 Å². The van der Waals surface area contributed by atoms with E-state index in [1.807, 2.05) is 0 Å². The van der Waals surface area contributed by atoms with Crippen LogP contribution in [0.3, 0.4) is 0 Å². The standard InChI is InChI=1S/C11H15F2NO/c1-7(2)15-11-9(12)5-8(3-4-14)6-10(11)13/h5-7H,3-4,14H2,1-2H3. The van der Waals surface area contributed by atoms with E-state index in [4.69, 9.17) is 10.5 Å². The number of hydrogen-bond donors (Lipinski definition) is 1. The summed E-state index contributed by atoms with van der Waals surface area (Å²) < 4.78 is 31.8. The van der Waals surface area contributed by atoms with Crippen LogP contribution in [0.1, 0.15) is 19.4 Å². The monoisotopic (exact) mass is 215 g/mol. The molecule has 0 amide bonds. The molecule has 15 heavy (non-hydrogen) atoms. The van der Waals surface area contributed by atoms with Gasteiger partial charge in [-0.05, 0) is 44.5 Å². The topological polar surface area (TPSA) is 35.2 Å². The normalized spacial score (nSPS) is 10.8. The lowest BCUT2D eigenvalue weighted by molar-refractivity contribution is 0.219. The third-order valence-electron chi connectivity index (χ3n) is 1.84. The van der Waals surface area contributed by atoms with Gasteiger partial charge in [0.05, 0.1) is 6.10 Å². The molecule has 0 aliphatic heterocycles. The Labute approximate surface area is 88.0 Å². The third kappa shape index (κ3) is 3.16. The van der Waals surface area contributed by atoms with Crippen molar-refractivity contribution in [1.29, 1.82) is 0 Å². The first-order valence-corrected chi connectivity index (χ1v) is 4.89. The minimum absolute atomic E-state index is 0.255. The highest BCUT2D eigenvalue weighted by atomic mass is 19.1. The fourth-order valence-electron chi connectivity index (χ4n) is 1.27. The molecule has 2 N–H and O–H groups in total. The second-order valence-electron chi connectivity index (χ2n) is 3.59. The molecular formula is C11H15F2NO. The molecule has 0 atom stereocenters. The molecule has 0 aromatic heterocycles. The first-order valence-electron chi connectivity index (χ1n) is 4.89. The van der Waals surface area contributed by atoms with Gasteiger partial charge in [0.15, 0.2) is 17.4 Å². The van der Waals surface area contributed by atoms with Gasteiger partial charge in [0, 0.05) is 0 Å². The molecule has 0 spiro atoms. The molecular weight excluding hydrogens is 200 g/mol. The summed E-state index contributed by atoms with van der Waals surface area (Å²) in [6.07, 6.45) is 0.199. The van der Waals surface area contributed by atoms with Crippen LogP contribution in [-0.2, 0) is 6.42 Å². The first kappa shape index (κ1) is 11.9. The highest BCUT2D eigenvalue weighted by molar-refractivity contribution is 5.31. The maximum atomic E-state index is 13.4. The predicted molar refractivity (Wildman–Crippen MR) is 54.9 cm³/mol. The molecule has 0 saturated heterocycles. The summed E-state index contributed by atoms with van der Waals surface area (Å²) in [5.74, 6) is -1.66. The summed E-state index contributed by atoms with van der Waals surface area (Å²) in [6, 6.07) is 2.52. The summed E-state index contributed by atoms with van der Waals surface area (Å²) in [7, 11) is 0. The Kier molecular flexibility index (Phi) is 4.03. The number of halogens is 2. The molecule has 0 bridgehead atoms. The van der Waals surface area contributed by atoms with Gasteiger partial charge in [0.1, 0.15) is 0 Å². The minimum Gasteiger partial charge on any atom is -0.485 e. The smallest absolute Gasteiger partial charge is 0.191 e. The van der Waals surface area contributed by atoms with Gasteiger partial charge in [0.2, 0.25) is 0 Å². The molecule has 4 heteroatoms. The Balaban J connectivity index is 2.98. The Morgan fingerprint density at radius 1 is 1.27 bits per heavy atom. The minimum atomic E-state index is -0.674. The molecule has 1 aromatic carbocycles. The maximum Gasteiger partial charge on any atom is 0.191 e. The van der Waals surface area contributed by atoms with Crippen LogP contribution in [0, 0.1) is 11.6 Å². The van der Waals surface area contributed by atoms with E-state index < -0.39 is 11.6 Å². The van der Waals surface area contributed by atoms with Crippen molar-refractivity contribution in [2.75, 3.05) is 6.54 Å². The zero-order valence-electron chi connectivity index (χ0n) is 8.89. The fraction of sp³-hybridized carbons (Fsp3) is 0.455. The summed E-state index contributed by atoms with van der Waals surface area (Å²) >= 11 is 0. The van der Waals surface area contributed by atoms with E-state index in [9.17, 15) is 8.78 Å². The van der Waals surface area contributed by atoms with Crippen LogP contribution < -0.4 is 10.5 Å². The zero-order valence-corrected chi connectivity index (χ0v) is 8.89. The van der Waals surface area contributed by atoms with Crippen LogP contribution in [0.5, 0.6) is 5.75 Å². The molecule has 2 nitrogen and oxygen atoms in total. The van der Waals surface area contributed by atoms with Gasteiger partial charge in [-0.3, -0.25) is 0 Å². The summed E-state index contributed by atoms with van der Waals surface area (Å²) in [4.78, 5) is 0. The zero-order chi connectivity index (χ0) is 11.4. The van der Waals surface area contributed by atoms with Crippen LogP contribution >= 0.6 is 0 Å². The van der Waals surface area contributed by atoms with Gasteiger partial charge in [-0.2, -0.15) is 0 Å². The van der Waals surface area contributed by atoms with Gasteiger partial charge in [-0.25, -0.2) is 8.78 Å². The van der Waals surface area contributed by atoms with Crippen molar-refractivity contribution in [3.05, 3.63) is 29.3 Å². The largest absolute Gasteiger partial charge is 0.485 e. The van der Waals surface area contributed by atoms with E-state index >= 15 is 0 Å². The average Bonchev–Trinajstić information content (AvgIpc) is 2.11. The van der Waals surface area contributed by atoms with E-state index in [0.29, 0.717) is 18.5 Å². The van der Waals surface area contributed by atoms with Gasteiger partial charge >= 0.3 is 0 Å². The van der Waals surface area contributed by atoms with E-state index in [1.165, 1.54) is 12.1 Å². The molecule has 0 heterocycles. The van der Waals surface area contributed by atoms with Gasteiger partial charge < -0.3 is 10.5 Å². The quantitative estimate of drug-likeness (QED) is 0.836. The Hall–Kier alpha value is -1.16. The lowest BCUT2D eigenvalue weighted by Crippen LogP contribution is -2.10. The van der Waals surface area contributed by atoms with E-state index in [2.05, 4.69) is 0 Å². The molecule has 0 unspecified atom stereocenters. The molecule has 84 valence electrons. The second-order valence-corrected chi connectivity index (χ2v) is 3.59.